The molecule has 6 heteroatoms. The number of ether oxygens (including phenoxy) is 1. The standard InChI is InChI=1S/C90H175NO5/c1-3-5-7-9-11-13-15-17-19-21-23-24-44-47-50-54-58-62-66-70-74-78-82-88(93)87(86-92)91-89(94)83-79-75-71-67-63-59-55-51-48-45-42-40-38-36-34-32-30-28-26-25-27-29-31-33-35-37-39-41-43-46-49-53-57-61-65-69-73-77-81-85-96-90(95)84-80-76-72-68-64-60-56-52-22-20-18-16-14-12-10-8-6-4-2/h14,16,20,22,87-88,92-93H,3-13,15,17-19,21,23-86H2,1-2H3,(H,91,94)/b16-14-,22-20-. The first-order valence-corrected chi connectivity index (χ1v) is 44.6. The molecule has 570 valence electrons. The lowest BCUT2D eigenvalue weighted by Crippen LogP contribution is -2.45. The Morgan fingerprint density at radius 3 is 0.802 bits per heavy atom. The van der Waals surface area contributed by atoms with Crippen molar-refractivity contribution in [1.82, 2.24) is 5.32 Å². The van der Waals surface area contributed by atoms with Crippen LogP contribution in [-0.4, -0.2) is 47.4 Å². The second-order valence-electron chi connectivity index (χ2n) is 30.9. The van der Waals surface area contributed by atoms with Gasteiger partial charge in [-0.3, -0.25) is 9.59 Å². The third-order valence-electron chi connectivity index (χ3n) is 21.3. The Morgan fingerprint density at radius 1 is 0.292 bits per heavy atom. The molecule has 0 radical (unpaired) electrons. The van der Waals surface area contributed by atoms with Crippen LogP contribution in [0.4, 0.5) is 0 Å². The Hall–Kier alpha value is -1.66. The maximum absolute atomic E-state index is 12.6. The van der Waals surface area contributed by atoms with Gasteiger partial charge in [-0.25, -0.2) is 0 Å². The zero-order chi connectivity index (χ0) is 69.1. The Labute approximate surface area is 602 Å². The van der Waals surface area contributed by atoms with Gasteiger partial charge < -0.3 is 20.3 Å². The summed E-state index contributed by atoms with van der Waals surface area (Å²) < 4.78 is 5.52. The summed E-state index contributed by atoms with van der Waals surface area (Å²) in [5, 5.41) is 23.5. The van der Waals surface area contributed by atoms with Crippen LogP contribution < -0.4 is 5.32 Å². The van der Waals surface area contributed by atoms with Gasteiger partial charge in [0.15, 0.2) is 0 Å². The Kier molecular flexibility index (Phi) is 84.3. The van der Waals surface area contributed by atoms with E-state index in [1.807, 2.05) is 0 Å². The number of hydrogen-bond donors (Lipinski definition) is 3. The summed E-state index contributed by atoms with van der Waals surface area (Å²) in [6, 6.07) is -0.538. The molecule has 0 aromatic carbocycles. The average Bonchev–Trinajstić information content (AvgIpc) is 2.36. The Balaban J connectivity index is 3.29. The van der Waals surface area contributed by atoms with E-state index in [4.69, 9.17) is 4.74 Å². The van der Waals surface area contributed by atoms with Gasteiger partial charge in [0.1, 0.15) is 0 Å². The number of nitrogens with one attached hydrogen (secondary N) is 1. The maximum Gasteiger partial charge on any atom is 0.305 e. The van der Waals surface area contributed by atoms with Gasteiger partial charge in [-0.2, -0.15) is 0 Å². The van der Waals surface area contributed by atoms with Crippen LogP contribution in [0.15, 0.2) is 24.3 Å². The van der Waals surface area contributed by atoms with Crippen molar-refractivity contribution >= 4 is 11.9 Å². The highest BCUT2D eigenvalue weighted by Crippen LogP contribution is 2.21. The van der Waals surface area contributed by atoms with Crippen molar-refractivity contribution in [1.29, 1.82) is 0 Å². The topological polar surface area (TPSA) is 95.9 Å². The minimum absolute atomic E-state index is 0.0179. The van der Waals surface area contributed by atoms with Crippen LogP contribution in [0.5, 0.6) is 0 Å². The van der Waals surface area contributed by atoms with Gasteiger partial charge in [0.2, 0.25) is 5.91 Å². The molecule has 0 aliphatic heterocycles. The monoisotopic (exact) mass is 1350 g/mol. The zero-order valence-corrected chi connectivity index (χ0v) is 65.7. The molecular formula is C90H175NO5. The minimum atomic E-state index is -0.661. The van der Waals surface area contributed by atoms with E-state index < -0.39 is 12.1 Å². The molecule has 0 bridgehead atoms. The predicted octanol–water partition coefficient (Wildman–Crippen LogP) is 29.9. The summed E-state index contributed by atoms with van der Waals surface area (Å²) in [5.41, 5.74) is 0. The SMILES string of the molecule is CCCCCC/C=C\C/C=C\CCCCCCCCCC(=O)OCCCCCCCCCCCCCCCCCCCCCCCCCCCCCCCCCCCCCCCCCC(=O)NC(CO)C(O)CCCCCCCCCCCCCCCCCCCCCCCC. The third-order valence-corrected chi connectivity index (χ3v) is 21.3. The van der Waals surface area contributed by atoms with Crippen LogP contribution in [0.1, 0.15) is 515 Å². The van der Waals surface area contributed by atoms with E-state index in [0.29, 0.717) is 25.9 Å². The van der Waals surface area contributed by atoms with Gasteiger partial charge >= 0.3 is 5.97 Å². The van der Waals surface area contributed by atoms with E-state index >= 15 is 0 Å². The van der Waals surface area contributed by atoms with Crippen molar-refractivity contribution in [2.75, 3.05) is 13.2 Å². The van der Waals surface area contributed by atoms with E-state index in [1.54, 1.807) is 0 Å². The number of unbranched alkanes of at least 4 members (excludes halogenated alkanes) is 70. The van der Waals surface area contributed by atoms with Crippen molar-refractivity contribution in [2.24, 2.45) is 0 Å². The maximum atomic E-state index is 12.6. The van der Waals surface area contributed by atoms with Gasteiger partial charge in [0.25, 0.3) is 0 Å². The number of amides is 1. The lowest BCUT2D eigenvalue weighted by molar-refractivity contribution is -0.143. The summed E-state index contributed by atoms with van der Waals surface area (Å²) in [6.07, 6.45) is 112. The molecule has 96 heavy (non-hydrogen) atoms. The van der Waals surface area contributed by atoms with Gasteiger partial charge in [-0.15, -0.1) is 0 Å². The van der Waals surface area contributed by atoms with Crippen molar-refractivity contribution < 1.29 is 24.5 Å². The molecule has 0 aliphatic carbocycles. The quantitative estimate of drug-likeness (QED) is 0.0320. The van der Waals surface area contributed by atoms with Crippen molar-refractivity contribution in [3.63, 3.8) is 0 Å². The third kappa shape index (κ3) is 81.3. The summed E-state index contributed by atoms with van der Waals surface area (Å²) in [7, 11) is 0. The molecule has 0 rings (SSSR count). The van der Waals surface area contributed by atoms with Crippen molar-refractivity contribution in [2.45, 2.75) is 527 Å². The molecule has 0 aromatic heterocycles. The van der Waals surface area contributed by atoms with Gasteiger partial charge in [-0.1, -0.05) is 468 Å². The number of aliphatic hydroxyl groups excluding tert-OH is 2. The minimum Gasteiger partial charge on any atom is -0.466 e. The summed E-state index contributed by atoms with van der Waals surface area (Å²) >= 11 is 0. The van der Waals surface area contributed by atoms with Crippen LogP contribution in [0.2, 0.25) is 0 Å². The number of hydrogen-bond acceptors (Lipinski definition) is 5. The Bertz CT molecular complexity index is 1510. The molecule has 3 N–H and O–H groups in total. The number of aliphatic hydroxyl groups is 2. The summed E-state index contributed by atoms with van der Waals surface area (Å²) in [5.74, 6) is -0.00476. The van der Waals surface area contributed by atoms with Crippen LogP contribution in [-0.2, 0) is 14.3 Å². The molecule has 0 saturated carbocycles. The number of carbonyl (C=O) groups excluding carboxylic acids is 2. The zero-order valence-electron chi connectivity index (χ0n) is 65.7. The molecule has 6 nitrogen and oxygen atoms in total. The van der Waals surface area contributed by atoms with Crippen LogP contribution in [0.3, 0.4) is 0 Å². The van der Waals surface area contributed by atoms with E-state index in [1.165, 1.54) is 430 Å². The summed E-state index contributed by atoms with van der Waals surface area (Å²) in [6.45, 7) is 5.00. The molecule has 0 spiro atoms. The lowest BCUT2D eigenvalue weighted by Gasteiger charge is -2.22. The molecule has 1 amide bonds. The second kappa shape index (κ2) is 85.8. The van der Waals surface area contributed by atoms with Gasteiger partial charge in [0.05, 0.1) is 25.4 Å². The number of rotatable bonds is 85. The van der Waals surface area contributed by atoms with E-state index in [9.17, 15) is 19.8 Å². The molecular weight excluding hydrogens is 1170 g/mol. The first kappa shape index (κ1) is 94.3. The van der Waals surface area contributed by atoms with Crippen LogP contribution in [0.25, 0.3) is 0 Å². The first-order valence-electron chi connectivity index (χ1n) is 44.6. The first-order chi connectivity index (χ1) is 47.5. The van der Waals surface area contributed by atoms with Crippen molar-refractivity contribution in [3.05, 3.63) is 24.3 Å². The van der Waals surface area contributed by atoms with E-state index in [2.05, 4.69) is 43.5 Å². The summed E-state index contributed by atoms with van der Waals surface area (Å²) in [4.78, 5) is 24.7. The number of allylic oxidation sites excluding steroid dienone is 4. The predicted molar refractivity (Wildman–Crippen MR) is 426 cm³/mol. The molecule has 0 heterocycles. The van der Waals surface area contributed by atoms with Gasteiger partial charge in [-0.05, 0) is 57.8 Å². The Morgan fingerprint density at radius 2 is 0.521 bits per heavy atom. The normalized spacial score (nSPS) is 12.5. The molecule has 0 fully saturated rings. The lowest BCUT2D eigenvalue weighted by atomic mass is 10.0. The fourth-order valence-electron chi connectivity index (χ4n) is 14.5. The van der Waals surface area contributed by atoms with Crippen molar-refractivity contribution in [3.8, 4) is 0 Å². The molecule has 2 unspecified atom stereocenters. The highest BCUT2D eigenvalue weighted by molar-refractivity contribution is 5.76. The fourth-order valence-corrected chi connectivity index (χ4v) is 14.5. The molecule has 2 atom stereocenters. The second-order valence-corrected chi connectivity index (χ2v) is 30.9. The van der Waals surface area contributed by atoms with Gasteiger partial charge in [0, 0.05) is 12.8 Å². The smallest absolute Gasteiger partial charge is 0.305 e. The van der Waals surface area contributed by atoms with Crippen LogP contribution >= 0.6 is 0 Å². The molecule has 0 saturated heterocycles. The largest absolute Gasteiger partial charge is 0.466 e. The molecule has 0 aliphatic rings. The average molecular weight is 1350 g/mol. The highest BCUT2D eigenvalue weighted by Gasteiger charge is 2.20. The molecule has 0 aromatic rings. The number of carbonyl (C=O) groups is 2. The van der Waals surface area contributed by atoms with E-state index in [-0.39, 0.29) is 18.5 Å². The highest BCUT2D eigenvalue weighted by atomic mass is 16.5. The van der Waals surface area contributed by atoms with Crippen LogP contribution in [0, 0.1) is 0 Å². The number of esters is 1. The van der Waals surface area contributed by atoms with E-state index in [0.717, 1.165) is 51.4 Å². The fraction of sp³-hybridized carbons (Fsp3) is 0.933.